The third-order valence-corrected chi connectivity index (χ3v) is 3.12. The monoisotopic (exact) mass is 492 g/mol. The Kier molecular flexibility index (Phi) is 12.3. The highest BCUT2D eigenvalue weighted by molar-refractivity contribution is 6.29. The quantitative estimate of drug-likeness (QED) is 0.278. The number of nitrogens with zero attached hydrogens (tertiary/aromatic N) is 16. The van der Waals surface area contributed by atoms with Gasteiger partial charge in [-0.3, -0.25) is 18.7 Å². The zero-order valence-electron chi connectivity index (χ0n) is 19.0. The van der Waals surface area contributed by atoms with E-state index in [9.17, 15) is 4.39 Å². The lowest BCUT2D eigenvalue weighted by Crippen LogP contribution is -1.85. The lowest BCUT2D eigenvalue weighted by molar-refractivity contribution is 0.578. The van der Waals surface area contributed by atoms with E-state index in [0.29, 0.717) is 10.8 Å². The topological polar surface area (TPSA) is 177 Å². The second-order valence-corrected chi connectivity index (χ2v) is 6.41. The van der Waals surface area contributed by atoms with Gasteiger partial charge in [0.2, 0.25) is 0 Å². The smallest absolute Gasteiger partial charge is 0.252 e. The average molecular weight is 493 g/mol. The van der Waals surface area contributed by atoms with Crippen molar-refractivity contribution in [1.82, 2.24) is 74.7 Å². The summed E-state index contributed by atoms with van der Waals surface area (Å²) in [4.78, 5) is 0. The molecule has 5 aromatic heterocycles. The highest BCUT2D eigenvalue weighted by Crippen LogP contribution is 1.96. The van der Waals surface area contributed by atoms with Crippen LogP contribution in [0.25, 0.3) is 0 Å². The molecule has 0 radical (unpaired) electrons. The molecule has 5 heterocycles. The van der Waals surface area contributed by atoms with Gasteiger partial charge in [0, 0.05) is 41.4 Å². The fourth-order valence-electron chi connectivity index (χ4n) is 1.56. The molecule has 0 aliphatic heterocycles. The molecule has 0 saturated heterocycles. The molecular formula is C16H22ClFN16. The molecule has 5 aromatic rings. The van der Waals surface area contributed by atoms with Gasteiger partial charge in [-0.25, -0.2) is 0 Å². The maximum Gasteiger partial charge on any atom is 0.252 e. The zero-order valence-corrected chi connectivity index (χ0v) is 19.7. The maximum absolute atomic E-state index is 11.7. The molecule has 0 N–H and O–H groups in total. The van der Waals surface area contributed by atoms with E-state index in [1.54, 1.807) is 72.5 Å². The predicted molar refractivity (Wildman–Crippen MR) is 115 cm³/mol. The number of aromatic nitrogens is 15. The number of halogens is 2. The van der Waals surface area contributed by atoms with E-state index in [0.717, 1.165) is 0 Å². The maximum atomic E-state index is 11.7. The summed E-state index contributed by atoms with van der Waals surface area (Å²) < 4.78 is 19.5. The van der Waals surface area contributed by atoms with Crippen molar-refractivity contribution >= 4 is 11.6 Å². The van der Waals surface area contributed by atoms with Gasteiger partial charge < -0.3 is 4.57 Å². The molecule has 0 bridgehead atoms. The Morgan fingerprint density at radius 3 is 1.53 bits per heavy atom. The minimum atomic E-state index is -0.539. The van der Waals surface area contributed by atoms with Gasteiger partial charge in [-0.15, -0.1) is 25.5 Å². The summed E-state index contributed by atoms with van der Waals surface area (Å²) in [6, 6.07) is 1.85. The third-order valence-electron chi connectivity index (χ3n) is 2.94. The molecule has 5 rings (SSSR count). The lowest BCUT2D eigenvalue weighted by Gasteiger charge is -1.74. The van der Waals surface area contributed by atoms with E-state index < -0.39 is 5.95 Å². The van der Waals surface area contributed by atoms with E-state index in [1.165, 1.54) is 15.6 Å². The molecule has 34 heavy (non-hydrogen) atoms. The van der Waals surface area contributed by atoms with Crippen molar-refractivity contribution in [3.63, 3.8) is 0 Å². The van der Waals surface area contributed by atoms with Gasteiger partial charge in [-0.2, -0.15) is 9.65 Å². The molecule has 0 unspecified atom stereocenters. The fourth-order valence-corrected chi connectivity index (χ4v) is 1.73. The van der Waals surface area contributed by atoms with Crippen molar-refractivity contribution in [2.24, 2.45) is 35.2 Å². The van der Waals surface area contributed by atoms with E-state index in [2.05, 4.69) is 51.4 Å². The van der Waals surface area contributed by atoms with Gasteiger partial charge in [0.25, 0.3) is 5.95 Å². The summed E-state index contributed by atoms with van der Waals surface area (Å²) in [6.07, 6.45) is 11.1. The SMILES string of the molecule is Cn1cc(C#N)nn1.Cn1cc(Cl)nn1.Cn1cc(F)nn1.Cn1ccnn1.Cn1cnnc1. The van der Waals surface area contributed by atoms with Gasteiger partial charge in [-0.1, -0.05) is 37.6 Å². The zero-order chi connectivity index (χ0) is 25.3. The van der Waals surface area contributed by atoms with Crippen LogP contribution in [0.5, 0.6) is 0 Å². The Labute approximate surface area is 198 Å². The fraction of sp³-hybridized carbons (Fsp3) is 0.312. The molecule has 0 aromatic carbocycles. The minimum absolute atomic E-state index is 0.354. The standard InChI is InChI=1S/C4H4N4.C3H4ClN3.C3H4FN3.2C3H5N3/c1-8-3-4(2-5)6-7-8;2*1-7-2-3(4)5-6-7;1-6-2-4-5-3-6;1-6-3-2-4-5-6/h3H,1H3;2*2H,1H3;2*2-3H,1H3. The Hall–Kier alpha value is -4.59. The van der Waals surface area contributed by atoms with Gasteiger partial charge in [0.15, 0.2) is 10.8 Å². The second-order valence-electron chi connectivity index (χ2n) is 6.02. The first-order chi connectivity index (χ1) is 16.2. The van der Waals surface area contributed by atoms with Crippen molar-refractivity contribution in [2.45, 2.75) is 0 Å². The van der Waals surface area contributed by atoms with Crippen LogP contribution >= 0.6 is 11.6 Å². The average Bonchev–Trinajstić information content (AvgIpc) is 3.62. The van der Waals surface area contributed by atoms with Crippen molar-refractivity contribution in [3.05, 3.63) is 60.4 Å². The molecule has 18 heteroatoms. The molecule has 0 aliphatic carbocycles. The number of hydrogen-bond donors (Lipinski definition) is 0. The largest absolute Gasteiger partial charge is 0.323 e. The number of rotatable bonds is 0. The lowest BCUT2D eigenvalue weighted by atomic mass is 10.5. The number of aryl methyl sites for hydroxylation is 5. The van der Waals surface area contributed by atoms with Gasteiger partial charge in [0.05, 0.1) is 24.8 Å². The van der Waals surface area contributed by atoms with Gasteiger partial charge in [0.1, 0.15) is 18.7 Å². The molecule has 0 saturated carbocycles. The Morgan fingerprint density at radius 2 is 1.35 bits per heavy atom. The van der Waals surface area contributed by atoms with Gasteiger partial charge in [-0.05, 0) is 0 Å². The molecule has 0 atom stereocenters. The number of hydrogen-bond acceptors (Lipinski definition) is 11. The minimum Gasteiger partial charge on any atom is -0.323 e. The molecular weight excluding hydrogens is 471 g/mol. The van der Waals surface area contributed by atoms with Gasteiger partial charge >= 0.3 is 0 Å². The van der Waals surface area contributed by atoms with E-state index in [1.807, 2.05) is 20.2 Å². The highest BCUT2D eigenvalue weighted by atomic mass is 35.5. The van der Waals surface area contributed by atoms with Crippen LogP contribution in [0.3, 0.4) is 0 Å². The van der Waals surface area contributed by atoms with Crippen LogP contribution in [0.1, 0.15) is 5.69 Å². The molecule has 0 amide bonds. The summed E-state index contributed by atoms with van der Waals surface area (Å²) in [5, 5.41) is 43.2. The normalized spacial score (nSPS) is 9.00. The van der Waals surface area contributed by atoms with Crippen LogP contribution in [0.15, 0.2) is 43.6 Å². The predicted octanol–water partition coefficient (Wildman–Crippen LogP) is -0.260. The summed E-state index contributed by atoms with van der Waals surface area (Å²) in [5.41, 5.74) is 0.354. The second kappa shape index (κ2) is 15.3. The Morgan fingerprint density at radius 1 is 0.765 bits per heavy atom. The highest BCUT2D eigenvalue weighted by Gasteiger charge is 1.90. The van der Waals surface area contributed by atoms with Crippen molar-refractivity contribution in [1.29, 1.82) is 5.26 Å². The van der Waals surface area contributed by atoms with Crippen molar-refractivity contribution in [3.8, 4) is 6.07 Å². The summed E-state index contributed by atoms with van der Waals surface area (Å²) in [5.74, 6) is -0.539. The number of nitriles is 1. The first kappa shape index (κ1) is 27.4. The van der Waals surface area contributed by atoms with E-state index in [4.69, 9.17) is 16.9 Å². The van der Waals surface area contributed by atoms with E-state index >= 15 is 0 Å². The summed E-state index contributed by atoms with van der Waals surface area (Å²) in [6.45, 7) is 0. The molecule has 0 aliphatic rings. The van der Waals surface area contributed by atoms with Crippen LogP contribution in [-0.4, -0.2) is 74.7 Å². The van der Waals surface area contributed by atoms with Crippen LogP contribution in [0.4, 0.5) is 4.39 Å². The van der Waals surface area contributed by atoms with Crippen molar-refractivity contribution < 1.29 is 4.39 Å². The first-order valence-electron chi connectivity index (χ1n) is 9.08. The summed E-state index contributed by atoms with van der Waals surface area (Å²) >= 11 is 5.37. The van der Waals surface area contributed by atoms with Crippen LogP contribution in [0, 0.1) is 17.3 Å². The van der Waals surface area contributed by atoms with Crippen LogP contribution in [-0.2, 0) is 35.2 Å². The Bertz CT molecular complexity index is 1100. The molecule has 180 valence electrons. The van der Waals surface area contributed by atoms with Crippen LogP contribution < -0.4 is 0 Å². The van der Waals surface area contributed by atoms with Crippen LogP contribution in [0.2, 0.25) is 5.15 Å². The van der Waals surface area contributed by atoms with E-state index in [-0.39, 0.29) is 0 Å². The third kappa shape index (κ3) is 13.0. The van der Waals surface area contributed by atoms with Crippen molar-refractivity contribution in [2.75, 3.05) is 0 Å². The molecule has 16 nitrogen and oxygen atoms in total. The molecule has 0 fully saturated rings. The summed E-state index contributed by atoms with van der Waals surface area (Å²) in [7, 11) is 8.79. The first-order valence-corrected chi connectivity index (χ1v) is 9.46. The Balaban J connectivity index is 0.000000213. The molecule has 0 spiro atoms.